The first-order valence-electron chi connectivity index (χ1n) is 14.8. The van der Waals surface area contributed by atoms with E-state index in [1.807, 2.05) is 11.8 Å². The summed E-state index contributed by atoms with van der Waals surface area (Å²) in [5, 5.41) is 24.0. The number of hydrogen-bond donors (Lipinski definition) is 4. The van der Waals surface area contributed by atoms with Gasteiger partial charge in [0.25, 0.3) is 5.91 Å². The summed E-state index contributed by atoms with van der Waals surface area (Å²) in [6, 6.07) is 6.82. The zero-order valence-electron chi connectivity index (χ0n) is 25.0. The number of phenolic OH excluding ortho intramolecular Hbond substituents is 1. The van der Waals surface area contributed by atoms with Crippen molar-refractivity contribution in [3.8, 4) is 5.75 Å². The van der Waals surface area contributed by atoms with Crippen molar-refractivity contribution in [2.24, 2.45) is 0 Å². The van der Waals surface area contributed by atoms with Crippen molar-refractivity contribution in [2.75, 3.05) is 63.3 Å². The summed E-state index contributed by atoms with van der Waals surface area (Å²) in [7, 11) is 0. The van der Waals surface area contributed by atoms with Crippen molar-refractivity contribution in [3.05, 3.63) is 59.4 Å². The third-order valence-electron chi connectivity index (χ3n) is 7.02. The molecule has 1 amide bonds. The average Bonchev–Trinajstić information content (AvgIpc) is 3.76. The maximum Gasteiger partial charge on any atom is 0.284 e. The smallest absolute Gasteiger partial charge is 0.284 e. The number of ether oxygens (including phenoxy) is 3. The van der Waals surface area contributed by atoms with Crippen LogP contribution in [0, 0.1) is 5.82 Å². The second-order valence-electron chi connectivity index (χ2n) is 10.4. The minimum Gasteiger partial charge on any atom is -0.506 e. The number of aliphatic hydroxyl groups excluding tert-OH is 1. The molecule has 14 heteroatoms. The number of carbonyl (C=O) groups excluding carboxylic acids is 1. The van der Waals surface area contributed by atoms with E-state index < -0.39 is 17.6 Å². The molecule has 4 N–H and O–H groups in total. The van der Waals surface area contributed by atoms with Crippen molar-refractivity contribution in [3.63, 3.8) is 0 Å². The number of amides is 1. The first-order chi connectivity index (χ1) is 21.8. The average molecular weight is 650 g/mol. The van der Waals surface area contributed by atoms with E-state index in [1.165, 1.54) is 55.6 Å². The van der Waals surface area contributed by atoms with E-state index in [9.17, 15) is 18.7 Å². The molecule has 244 valence electrons. The summed E-state index contributed by atoms with van der Waals surface area (Å²) in [6.45, 7) is 6.73. The molecule has 11 nitrogen and oxygen atoms in total. The molecule has 3 aliphatic heterocycles. The van der Waals surface area contributed by atoms with Crippen molar-refractivity contribution in [1.29, 1.82) is 0 Å². The van der Waals surface area contributed by atoms with Crippen molar-refractivity contribution in [1.82, 2.24) is 14.9 Å². The predicted molar refractivity (Wildman–Crippen MR) is 167 cm³/mol. The van der Waals surface area contributed by atoms with Gasteiger partial charge in [-0.05, 0) is 49.6 Å². The van der Waals surface area contributed by atoms with E-state index in [0.717, 1.165) is 19.6 Å². The van der Waals surface area contributed by atoms with E-state index in [-0.39, 0.29) is 35.2 Å². The Hall–Kier alpha value is -3.46. The number of carbonyl (C=O) groups is 1. The van der Waals surface area contributed by atoms with Gasteiger partial charge in [0, 0.05) is 56.6 Å². The molecule has 2 unspecified atom stereocenters. The molecule has 3 aromatic rings. The van der Waals surface area contributed by atoms with Gasteiger partial charge < -0.3 is 35.1 Å². The van der Waals surface area contributed by atoms with Crippen LogP contribution in [0.4, 0.5) is 26.0 Å². The Morgan fingerprint density at radius 3 is 2.40 bits per heavy atom. The van der Waals surface area contributed by atoms with Gasteiger partial charge in [-0.3, -0.25) is 9.69 Å². The molecule has 45 heavy (non-hydrogen) atoms. The number of halogens is 3. The fourth-order valence-corrected chi connectivity index (χ4v) is 4.86. The number of nitrogens with zero attached hydrogens (tertiary/aromatic N) is 3. The molecule has 1 aromatic heterocycles. The van der Waals surface area contributed by atoms with E-state index in [0.29, 0.717) is 55.3 Å². The van der Waals surface area contributed by atoms with Gasteiger partial charge in [-0.25, -0.2) is 18.7 Å². The van der Waals surface area contributed by atoms with Crippen LogP contribution in [-0.2, 0) is 19.0 Å². The Morgan fingerprint density at radius 1 is 1.11 bits per heavy atom. The molecular formula is C31H38ClF2N5O6. The summed E-state index contributed by atoms with van der Waals surface area (Å²) in [5.41, 5.74) is 0.804. The first-order valence-corrected chi connectivity index (χ1v) is 15.2. The molecule has 0 spiro atoms. The Morgan fingerprint density at radius 2 is 1.80 bits per heavy atom. The van der Waals surface area contributed by atoms with Crippen LogP contribution in [0.2, 0.25) is 5.02 Å². The summed E-state index contributed by atoms with van der Waals surface area (Å²) >= 11 is 5.85. The maximum atomic E-state index is 14.6. The van der Waals surface area contributed by atoms with Crippen LogP contribution in [-0.4, -0.2) is 95.9 Å². The van der Waals surface area contributed by atoms with Crippen molar-refractivity contribution >= 4 is 45.6 Å². The minimum absolute atomic E-state index is 0.0277. The summed E-state index contributed by atoms with van der Waals surface area (Å²) in [4.78, 5) is 22.7. The third-order valence-corrected chi connectivity index (χ3v) is 7.31. The van der Waals surface area contributed by atoms with Gasteiger partial charge in [0.05, 0.1) is 41.6 Å². The summed E-state index contributed by atoms with van der Waals surface area (Å²) in [6.07, 6.45) is 5.80. The van der Waals surface area contributed by atoms with Crippen molar-refractivity contribution in [2.45, 2.75) is 38.4 Å². The van der Waals surface area contributed by atoms with Crippen LogP contribution >= 0.6 is 11.6 Å². The molecule has 6 rings (SSSR count). The minimum atomic E-state index is -1.01. The van der Waals surface area contributed by atoms with Crippen molar-refractivity contribution < 1.29 is 38.0 Å². The number of aliphatic hydroxyl groups is 1. The number of rotatable bonds is 7. The molecule has 0 aliphatic carbocycles. The van der Waals surface area contributed by atoms with Gasteiger partial charge in [-0.2, -0.15) is 0 Å². The van der Waals surface area contributed by atoms with Crippen LogP contribution in [0.25, 0.3) is 10.9 Å². The Kier molecular flexibility index (Phi) is 13.2. The van der Waals surface area contributed by atoms with Gasteiger partial charge in [0.15, 0.2) is 5.83 Å². The highest BCUT2D eigenvalue weighted by molar-refractivity contribution is 6.31. The van der Waals surface area contributed by atoms with Crippen LogP contribution in [0.5, 0.6) is 5.75 Å². The SMILES string of the molecule is C1CCOC1.CCCO.O=C(Nc1cc2c(Nc3ccc(F)c(Cl)c3)ncnc2cc1O)/C(F)=C/CN1CC2OCCOC2C1. The van der Waals surface area contributed by atoms with Gasteiger partial charge in [-0.15, -0.1) is 0 Å². The van der Waals surface area contributed by atoms with E-state index in [4.69, 9.17) is 30.9 Å². The lowest BCUT2D eigenvalue weighted by atomic mass is 10.2. The number of anilines is 3. The lowest BCUT2D eigenvalue weighted by molar-refractivity contribution is -0.116. The topological polar surface area (TPSA) is 138 Å². The van der Waals surface area contributed by atoms with E-state index >= 15 is 0 Å². The Balaban J connectivity index is 0.000000446. The maximum absolute atomic E-state index is 14.6. The largest absolute Gasteiger partial charge is 0.506 e. The number of benzene rings is 2. The highest BCUT2D eigenvalue weighted by atomic mass is 35.5. The lowest BCUT2D eigenvalue weighted by Gasteiger charge is -2.24. The number of aromatic nitrogens is 2. The van der Waals surface area contributed by atoms with E-state index in [2.05, 4.69) is 20.6 Å². The zero-order valence-corrected chi connectivity index (χ0v) is 25.7. The molecule has 4 heterocycles. The molecule has 0 radical (unpaired) electrons. The van der Waals surface area contributed by atoms with Gasteiger partial charge in [0.2, 0.25) is 0 Å². The number of phenols is 1. The second-order valence-corrected chi connectivity index (χ2v) is 10.9. The summed E-state index contributed by atoms with van der Waals surface area (Å²) in [5.74, 6) is -2.55. The van der Waals surface area contributed by atoms with Crippen LogP contribution in [0.3, 0.4) is 0 Å². The molecule has 0 saturated carbocycles. The number of nitrogens with one attached hydrogen (secondary N) is 2. The quantitative estimate of drug-likeness (QED) is 0.205. The van der Waals surface area contributed by atoms with Gasteiger partial charge in [0.1, 0.15) is 23.7 Å². The van der Waals surface area contributed by atoms with Crippen LogP contribution in [0.1, 0.15) is 26.2 Å². The second kappa shape index (κ2) is 17.3. The number of hydrogen-bond acceptors (Lipinski definition) is 10. The summed E-state index contributed by atoms with van der Waals surface area (Å²) < 4.78 is 44.3. The highest BCUT2D eigenvalue weighted by Crippen LogP contribution is 2.33. The first kappa shape index (κ1) is 34.4. The van der Waals surface area contributed by atoms with Gasteiger partial charge in [-0.1, -0.05) is 18.5 Å². The normalized spacial score (nSPS) is 19.6. The molecular weight excluding hydrogens is 612 g/mol. The molecule has 3 saturated heterocycles. The molecule has 2 atom stereocenters. The van der Waals surface area contributed by atoms with E-state index in [1.54, 1.807) is 0 Å². The van der Waals surface area contributed by atoms with Gasteiger partial charge >= 0.3 is 0 Å². The lowest BCUT2D eigenvalue weighted by Crippen LogP contribution is -2.36. The predicted octanol–water partition coefficient (Wildman–Crippen LogP) is 4.95. The number of aromatic hydroxyl groups is 1. The fraction of sp³-hybridized carbons (Fsp3) is 0.452. The van der Waals surface area contributed by atoms with Crippen LogP contribution in [0.15, 0.2) is 48.6 Å². The number of fused-ring (bicyclic) bond motifs is 2. The number of likely N-dealkylation sites (tertiary alicyclic amines) is 1. The molecule has 0 bridgehead atoms. The fourth-order valence-electron chi connectivity index (χ4n) is 4.68. The standard InChI is InChI=1S/C24H22ClF2N5O4.C4H8O.C3H8O/c25-15-7-13(1-2-16(15)26)30-23-14-8-19(20(33)9-18(14)28-12-29-23)31-24(34)17(27)3-4-32-10-21-22(11-32)36-6-5-35-21;1-2-4-5-3-1;1-2-3-4/h1-3,7-9,12,21-22,33H,4-6,10-11H2,(H,31,34)(H,28,29,30);1-4H2;4H,2-3H2,1H3/b17-3-;;. The highest BCUT2D eigenvalue weighted by Gasteiger charge is 2.36. The molecule has 2 aromatic carbocycles. The Bertz CT molecular complexity index is 1440. The Labute approximate surface area is 265 Å². The van der Waals surface area contributed by atoms with Crippen LogP contribution < -0.4 is 10.6 Å². The monoisotopic (exact) mass is 649 g/mol. The zero-order chi connectivity index (χ0) is 32.2. The molecule has 3 aliphatic rings. The third kappa shape index (κ3) is 10.0. The molecule has 3 fully saturated rings.